The van der Waals surface area contributed by atoms with Crippen molar-refractivity contribution >= 4 is 11.9 Å². The summed E-state index contributed by atoms with van der Waals surface area (Å²) in [5, 5.41) is 5.83. The molecule has 2 heterocycles. The summed E-state index contributed by atoms with van der Waals surface area (Å²) in [5.41, 5.74) is 0.404. The summed E-state index contributed by atoms with van der Waals surface area (Å²) in [7, 11) is 2.94. The van der Waals surface area contributed by atoms with Gasteiger partial charge in [0.1, 0.15) is 17.4 Å². The Balaban J connectivity index is 2.13. The van der Waals surface area contributed by atoms with E-state index < -0.39 is 5.97 Å². The van der Waals surface area contributed by atoms with Crippen LogP contribution in [0.1, 0.15) is 16.1 Å². The van der Waals surface area contributed by atoms with Gasteiger partial charge in [0.15, 0.2) is 0 Å². The second kappa shape index (κ2) is 6.53. The lowest BCUT2D eigenvalue weighted by Gasteiger charge is -2.34. The average Bonchev–Trinajstić information content (AvgIpc) is 2.94. The van der Waals surface area contributed by atoms with Crippen LogP contribution in [0.5, 0.6) is 0 Å². The number of rotatable bonds is 4. The quantitative estimate of drug-likeness (QED) is 0.730. The van der Waals surface area contributed by atoms with Gasteiger partial charge in [0.25, 0.3) is 0 Å². The van der Waals surface area contributed by atoms with E-state index in [9.17, 15) is 9.59 Å². The second-order valence-corrected chi connectivity index (χ2v) is 4.55. The number of hydrogen-bond donors (Lipinski definition) is 2. The lowest BCUT2D eigenvalue weighted by Crippen LogP contribution is -2.56. The van der Waals surface area contributed by atoms with Crippen LogP contribution >= 0.6 is 0 Å². The zero-order valence-corrected chi connectivity index (χ0v) is 11.6. The van der Waals surface area contributed by atoms with Crippen molar-refractivity contribution in [1.29, 1.82) is 0 Å². The van der Waals surface area contributed by atoms with Crippen molar-refractivity contribution in [3.05, 3.63) is 23.7 Å². The first-order valence-corrected chi connectivity index (χ1v) is 6.48. The number of nitrogens with one attached hydrogen (secondary N) is 2. The van der Waals surface area contributed by atoms with Crippen LogP contribution in [0.25, 0.3) is 0 Å². The van der Waals surface area contributed by atoms with E-state index >= 15 is 0 Å². The smallest absolute Gasteiger partial charge is 0.341 e. The molecular weight excluding hydrogens is 262 g/mol. The lowest BCUT2D eigenvalue weighted by atomic mass is 10.1. The molecule has 0 spiro atoms. The van der Waals surface area contributed by atoms with Gasteiger partial charge in [0.2, 0.25) is 5.91 Å². The molecule has 7 nitrogen and oxygen atoms in total. The molecule has 1 amide bonds. The molecule has 110 valence electrons. The minimum absolute atomic E-state index is 0.0524. The lowest BCUT2D eigenvalue weighted by molar-refractivity contribution is -0.126. The molecule has 0 saturated carbocycles. The molecule has 0 radical (unpaired) electrons. The van der Waals surface area contributed by atoms with E-state index in [0.29, 0.717) is 31.0 Å². The molecule has 0 bridgehead atoms. The first-order valence-electron chi connectivity index (χ1n) is 6.48. The third-order valence-electron chi connectivity index (χ3n) is 3.40. The summed E-state index contributed by atoms with van der Waals surface area (Å²) >= 11 is 0. The molecule has 1 atom stereocenters. The molecular formula is C13H19N3O4. The molecule has 1 aliphatic rings. The third-order valence-corrected chi connectivity index (χ3v) is 3.40. The predicted octanol–water partition coefficient (Wildman–Crippen LogP) is -0.414. The van der Waals surface area contributed by atoms with Crippen LogP contribution in [0, 0.1) is 0 Å². The Morgan fingerprint density at radius 1 is 1.60 bits per heavy atom. The SMILES string of the molecule is CNC(=O)C1CNCCN1Cc1occc1C(=O)OC. The van der Waals surface area contributed by atoms with Crippen molar-refractivity contribution in [3.63, 3.8) is 0 Å². The molecule has 20 heavy (non-hydrogen) atoms. The standard InChI is InChI=1S/C13H19N3O4/c1-14-12(17)10-7-15-4-5-16(10)8-11-9(3-6-20-11)13(18)19-2/h3,6,10,15H,4-5,7-8H2,1-2H3,(H,14,17). The summed E-state index contributed by atoms with van der Waals surface area (Å²) in [6.45, 7) is 2.48. The molecule has 0 aliphatic carbocycles. The maximum Gasteiger partial charge on any atom is 0.341 e. The van der Waals surface area contributed by atoms with E-state index in [1.54, 1.807) is 13.1 Å². The van der Waals surface area contributed by atoms with Crippen LogP contribution in [0.4, 0.5) is 0 Å². The molecule has 1 unspecified atom stereocenters. The maximum atomic E-state index is 11.9. The van der Waals surface area contributed by atoms with Crippen molar-refractivity contribution in [1.82, 2.24) is 15.5 Å². The highest BCUT2D eigenvalue weighted by Crippen LogP contribution is 2.17. The average molecular weight is 281 g/mol. The van der Waals surface area contributed by atoms with E-state index in [4.69, 9.17) is 9.15 Å². The summed E-state index contributed by atoms with van der Waals surface area (Å²) in [5.74, 6) is 0.0383. The predicted molar refractivity (Wildman–Crippen MR) is 71.2 cm³/mol. The minimum Gasteiger partial charge on any atom is -0.467 e. The van der Waals surface area contributed by atoms with Crippen LogP contribution < -0.4 is 10.6 Å². The third kappa shape index (κ3) is 3.00. The van der Waals surface area contributed by atoms with Crippen molar-refractivity contribution in [2.45, 2.75) is 12.6 Å². The molecule has 1 fully saturated rings. The van der Waals surface area contributed by atoms with Crippen molar-refractivity contribution < 1.29 is 18.7 Å². The molecule has 1 aromatic heterocycles. The number of piperazine rings is 1. The zero-order chi connectivity index (χ0) is 14.5. The molecule has 1 aromatic rings. The number of hydrogen-bond acceptors (Lipinski definition) is 6. The number of carbonyl (C=O) groups excluding carboxylic acids is 2. The van der Waals surface area contributed by atoms with Crippen LogP contribution in [0.3, 0.4) is 0 Å². The van der Waals surface area contributed by atoms with Gasteiger partial charge in [-0.05, 0) is 6.07 Å². The number of ether oxygens (including phenoxy) is 1. The van der Waals surface area contributed by atoms with E-state index in [0.717, 1.165) is 6.54 Å². The van der Waals surface area contributed by atoms with Crippen molar-refractivity contribution in [2.24, 2.45) is 0 Å². The summed E-state index contributed by atoms with van der Waals surface area (Å²) in [4.78, 5) is 25.5. The summed E-state index contributed by atoms with van der Waals surface area (Å²) in [6, 6.07) is 1.31. The van der Waals surface area contributed by atoms with Gasteiger partial charge in [-0.25, -0.2) is 4.79 Å². The highest BCUT2D eigenvalue weighted by atomic mass is 16.5. The maximum absolute atomic E-state index is 11.9. The van der Waals surface area contributed by atoms with Gasteiger partial charge in [-0.15, -0.1) is 0 Å². The summed E-state index contributed by atoms with van der Waals surface area (Å²) < 4.78 is 10.1. The van der Waals surface area contributed by atoms with E-state index in [-0.39, 0.29) is 11.9 Å². The Hall–Kier alpha value is -1.86. The normalized spacial score (nSPS) is 19.6. The minimum atomic E-state index is -0.430. The van der Waals surface area contributed by atoms with Gasteiger partial charge in [0.05, 0.1) is 19.9 Å². The molecule has 1 aliphatic heterocycles. The van der Waals surface area contributed by atoms with Gasteiger partial charge in [0, 0.05) is 26.7 Å². The number of carbonyl (C=O) groups is 2. The van der Waals surface area contributed by atoms with Gasteiger partial charge in [-0.3, -0.25) is 9.69 Å². The van der Waals surface area contributed by atoms with Gasteiger partial charge >= 0.3 is 5.97 Å². The van der Waals surface area contributed by atoms with Crippen molar-refractivity contribution in [2.75, 3.05) is 33.8 Å². The Bertz CT molecular complexity index is 486. The Morgan fingerprint density at radius 2 is 2.40 bits per heavy atom. The molecule has 1 saturated heterocycles. The zero-order valence-electron chi connectivity index (χ0n) is 11.6. The van der Waals surface area contributed by atoms with E-state index in [1.807, 2.05) is 4.90 Å². The Kier molecular flexibility index (Phi) is 4.75. The van der Waals surface area contributed by atoms with Crippen LogP contribution in [-0.2, 0) is 16.1 Å². The Morgan fingerprint density at radius 3 is 3.10 bits per heavy atom. The fourth-order valence-corrected chi connectivity index (χ4v) is 2.30. The summed E-state index contributed by atoms with van der Waals surface area (Å²) in [6.07, 6.45) is 1.46. The Labute approximate surface area is 117 Å². The van der Waals surface area contributed by atoms with E-state index in [1.165, 1.54) is 13.4 Å². The highest BCUT2D eigenvalue weighted by Gasteiger charge is 2.29. The molecule has 2 rings (SSSR count). The topological polar surface area (TPSA) is 83.8 Å². The fourth-order valence-electron chi connectivity index (χ4n) is 2.30. The van der Waals surface area contributed by atoms with Crippen LogP contribution in [0.15, 0.2) is 16.7 Å². The molecule has 2 N–H and O–H groups in total. The number of esters is 1. The van der Waals surface area contributed by atoms with Gasteiger partial charge < -0.3 is 19.8 Å². The van der Waals surface area contributed by atoms with Crippen molar-refractivity contribution in [3.8, 4) is 0 Å². The van der Waals surface area contributed by atoms with Crippen LogP contribution in [0.2, 0.25) is 0 Å². The molecule has 7 heteroatoms. The van der Waals surface area contributed by atoms with E-state index in [2.05, 4.69) is 10.6 Å². The highest BCUT2D eigenvalue weighted by molar-refractivity contribution is 5.90. The van der Waals surface area contributed by atoms with Gasteiger partial charge in [-0.1, -0.05) is 0 Å². The fraction of sp³-hybridized carbons (Fsp3) is 0.538. The number of nitrogens with zero attached hydrogens (tertiary/aromatic N) is 1. The number of likely N-dealkylation sites (N-methyl/N-ethyl adjacent to an activating group) is 1. The number of furan rings is 1. The first-order chi connectivity index (χ1) is 9.67. The first kappa shape index (κ1) is 14.5. The van der Waals surface area contributed by atoms with Crippen LogP contribution in [-0.4, -0.2) is 56.6 Å². The largest absolute Gasteiger partial charge is 0.467 e. The number of amides is 1. The monoisotopic (exact) mass is 281 g/mol. The second-order valence-electron chi connectivity index (χ2n) is 4.55. The molecule has 0 aromatic carbocycles. The number of methoxy groups -OCH3 is 1. The van der Waals surface area contributed by atoms with Gasteiger partial charge in [-0.2, -0.15) is 0 Å².